The van der Waals surface area contributed by atoms with Gasteiger partial charge in [-0.25, -0.2) is 4.79 Å². The highest BCUT2D eigenvalue weighted by atomic mass is 35.5. The van der Waals surface area contributed by atoms with Crippen LogP contribution in [0.4, 0.5) is 0 Å². The van der Waals surface area contributed by atoms with Crippen LogP contribution in [-0.4, -0.2) is 19.7 Å². The van der Waals surface area contributed by atoms with Crippen molar-refractivity contribution < 1.29 is 18.7 Å². The summed E-state index contributed by atoms with van der Waals surface area (Å²) in [5.41, 5.74) is -0.0673. The summed E-state index contributed by atoms with van der Waals surface area (Å²) in [5, 5.41) is 1.16. The molecular weight excluding hydrogens is 296 g/mol. The van der Waals surface area contributed by atoms with Gasteiger partial charge in [-0.3, -0.25) is 4.79 Å². The molecule has 1 heterocycles. The fourth-order valence-corrected chi connectivity index (χ4v) is 2.47. The Bertz CT molecular complexity index is 751. The van der Waals surface area contributed by atoms with Crippen LogP contribution in [0.1, 0.15) is 6.42 Å². The zero-order valence-corrected chi connectivity index (χ0v) is 12.1. The molecule has 0 unspecified atom stereocenters. The van der Waals surface area contributed by atoms with E-state index in [-0.39, 0.29) is 17.8 Å². The number of halogens is 1. The van der Waals surface area contributed by atoms with Crippen LogP contribution >= 0.6 is 11.6 Å². The van der Waals surface area contributed by atoms with Gasteiger partial charge in [0.1, 0.15) is 11.3 Å². The summed E-state index contributed by atoms with van der Waals surface area (Å²) in [6.07, 6.45) is 0.743. The highest BCUT2D eigenvalue weighted by molar-refractivity contribution is 6.31. The Balaban J connectivity index is 1.80. The number of fused-ring (bicyclic) bond motifs is 1. The van der Waals surface area contributed by atoms with Crippen molar-refractivity contribution in [2.24, 2.45) is 11.8 Å². The first-order valence-electron chi connectivity index (χ1n) is 6.52. The quantitative estimate of drug-likeness (QED) is 0.641. The zero-order valence-electron chi connectivity index (χ0n) is 11.3. The number of hydrogen-bond acceptors (Lipinski definition) is 5. The normalized spacial score (nSPS) is 20.3. The van der Waals surface area contributed by atoms with Crippen molar-refractivity contribution >= 4 is 28.5 Å². The van der Waals surface area contributed by atoms with E-state index in [0.29, 0.717) is 28.3 Å². The van der Waals surface area contributed by atoms with Crippen LogP contribution in [0.3, 0.4) is 0 Å². The van der Waals surface area contributed by atoms with Gasteiger partial charge in [0, 0.05) is 10.9 Å². The van der Waals surface area contributed by atoms with E-state index < -0.39 is 5.63 Å². The van der Waals surface area contributed by atoms with Crippen LogP contribution in [0, 0.1) is 11.8 Å². The minimum absolute atomic E-state index is 0.107. The minimum atomic E-state index is -0.486. The first kappa shape index (κ1) is 13.9. The third-order valence-corrected chi connectivity index (χ3v) is 3.78. The highest BCUT2D eigenvalue weighted by Crippen LogP contribution is 2.40. The maximum Gasteiger partial charge on any atom is 0.339 e. The molecule has 0 radical (unpaired) electrons. The van der Waals surface area contributed by atoms with Crippen LogP contribution in [0.25, 0.3) is 11.0 Å². The first-order chi connectivity index (χ1) is 10.1. The highest BCUT2D eigenvalue weighted by Gasteiger charge is 2.44. The standard InChI is InChI=1S/C15H13ClO5/c1-19-15(18)10-4-8(10)7-20-13-6-14(17)21-12-3-2-9(16)5-11(12)13/h2-3,5-6,8,10H,4,7H2,1H3/t8-,10+/m1/s1. The van der Waals surface area contributed by atoms with E-state index in [1.807, 2.05) is 0 Å². The largest absolute Gasteiger partial charge is 0.492 e. The molecule has 110 valence electrons. The van der Waals surface area contributed by atoms with Gasteiger partial charge in [-0.05, 0) is 24.6 Å². The first-order valence-corrected chi connectivity index (χ1v) is 6.90. The van der Waals surface area contributed by atoms with Gasteiger partial charge < -0.3 is 13.9 Å². The van der Waals surface area contributed by atoms with E-state index >= 15 is 0 Å². The van der Waals surface area contributed by atoms with Gasteiger partial charge in [0.15, 0.2) is 0 Å². The molecule has 0 aliphatic heterocycles. The van der Waals surface area contributed by atoms with Gasteiger partial charge in [0.2, 0.25) is 0 Å². The van der Waals surface area contributed by atoms with Crippen molar-refractivity contribution in [3.8, 4) is 5.75 Å². The Labute approximate surface area is 125 Å². The molecule has 5 nitrogen and oxygen atoms in total. The van der Waals surface area contributed by atoms with Crippen LogP contribution in [-0.2, 0) is 9.53 Å². The summed E-state index contributed by atoms with van der Waals surface area (Å²) in [6.45, 7) is 0.352. The molecule has 0 spiro atoms. The van der Waals surface area contributed by atoms with Crippen LogP contribution in [0.15, 0.2) is 33.5 Å². The molecule has 2 aromatic rings. The maximum atomic E-state index is 11.5. The molecule has 1 fully saturated rings. The second-order valence-electron chi connectivity index (χ2n) is 5.01. The zero-order chi connectivity index (χ0) is 15.0. The van der Waals surface area contributed by atoms with Gasteiger partial charge in [0.25, 0.3) is 0 Å². The van der Waals surface area contributed by atoms with Crippen LogP contribution in [0.2, 0.25) is 5.02 Å². The topological polar surface area (TPSA) is 65.7 Å². The molecule has 1 saturated carbocycles. The molecule has 6 heteroatoms. The van der Waals surface area contributed by atoms with Crippen molar-refractivity contribution in [3.05, 3.63) is 39.7 Å². The van der Waals surface area contributed by atoms with E-state index in [2.05, 4.69) is 4.74 Å². The second kappa shape index (κ2) is 5.41. The molecule has 0 bridgehead atoms. The van der Waals surface area contributed by atoms with E-state index in [1.165, 1.54) is 13.2 Å². The Kier molecular flexibility index (Phi) is 3.59. The molecular formula is C15H13ClO5. The van der Waals surface area contributed by atoms with Crippen molar-refractivity contribution in [1.29, 1.82) is 0 Å². The smallest absolute Gasteiger partial charge is 0.339 e. The third-order valence-electron chi connectivity index (χ3n) is 3.55. The number of methoxy groups -OCH3 is 1. The number of ether oxygens (including phenoxy) is 2. The fourth-order valence-electron chi connectivity index (χ4n) is 2.29. The van der Waals surface area contributed by atoms with Crippen molar-refractivity contribution in [1.82, 2.24) is 0 Å². The van der Waals surface area contributed by atoms with Crippen LogP contribution in [0.5, 0.6) is 5.75 Å². The summed E-state index contributed by atoms with van der Waals surface area (Å²) in [7, 11) is 1.37. The number of rotatable bonds is 4. The SMILES string of the molecule is COC(=O)[C@H]1C[C@@H]1COc1cc(=O)oc2ccc(Cl)cc12. The number of benzene rings is 1. The predicted molar refractivity (Wildman–Crippen MR) is 76.6 cm³/mol. The summed E-state index contributed by atoms with van der Waals surface area (Å²) in [4.78, 5) is 22.9. The molecule has 0 N–H and O–H groups in total. The van der Waals surface area contributed by atoms with Gasteiger partial charge in [0.05, 0.1) is 31.1 Å². The number of esters is 1. The molecule has 0 saturated heterocycles. The molecule has 21 heavy (non-hydrogen) atoms. The molecule has 1 aliphatic carbocycles. The van der Waals surface area contributed by atoms with Gasteiger partial charge >= 0.3 is 11.6 Å². The second-order valence-corrected chi connectivity index (χ2v) is 5.44. The molecule has 1 aromatic heterocycles. The lowest BCUT2D eigenvalue weighted by atomic mass is 10.2. The third kappa shape index (κ3) is 2.88. The van der Waals surface area contributed by atoms with Crippen molar-refractivity contribution in [3.63, 3.8) is 0 Å². The van der Waals surface area contributed by atoms with Gasteiger partial charge in [-0.1, -0.05) is 11.6 Å². The molecule has 1 aromatic carbocycles. The fraction of sp³-hybridized carbons (Fsp3) is 0.333. The van der Waals surface area contributed by atoms with E-state index in [9.17, 15) is 9.59 Å². The van der Waals surface area contributed by atoms with Crippen LogP contribution < -0.4 is 10.4 Å². The molecule has 2 atom stereocenters. The Morgan fingerprint density at radius 1 is 1.43 bits per heavy atom. The van der Waals surface area contributed by atoms with E-state index in [1.54, 1.807) is 18.2 Å². The molecule has 0 amide bonds. The lowest BCUT2D eigenvalue weighted by Gasteiger charge is -2.08. The summed E-state index contributed by atoms with van der Waals surface area (Å²) in [6, 6.07) is 6.24. The summed E-state index contributed by atoms with van der Waals surface area (Å²) in [5.74, 6) is 0.215. The lowest BCUT2D eigenvalue weighted by Crippen LogP contribution is -2.09. The Morgan fingerprint density at radius 2 is 2.24 bits per heavy atom. The number of hydrogen-bond donors (Lipinski definition) is 0. The lowest BCUT2D eigenvalue weighted by molar-refractivity contribution is -0.142. The predicted octanol–water partition coefficient (Wildman–Crippen LogP) is 2.63. The number of carbonyl (C=O) groups excluding carboxylic acids is 1. The molecule has 1 aliphatic rings. The Morgan fingerprint density at radius 3 is 3.00 bits per heavy atom. The minimum Gasteiger partial charge on any atom is -0.492 e. The van der Waals surface area contributed by atoms with Crippen molar-refractivity contribution in [2.75, 3.05) is 13.7 Å². The summed E-state index contributed by atoms with van der Waals surface area (Å²) < 4.78 is 15.5. The van der Waals surface area contributed by atoms with Gasteiger partial charge in [-0.15, -0.1) is 0 Å². The van der Waals surface area contributed by atoms with E-state index in [0.717, 1.165) is 6.42 Å². The summed E-state index contributed by atoms with van der Waals surface area (Å²) >= 11 is 5.95. The average molecular weight is 309 g/mol. The Hall–Kier alpha value is -2.01. The molecule has 3 rings (SSSR count). The monoisotopic (exact) mass is 308 g/mol. The average Bonchev–Trinajstić information content (AvgIpc) is 3.24. The van der Waals surface area contributed by atoms with Gasteiger partial charge in [-0.2, -0.15) is 0 Å². The van der Waals surface area contributed by atoms with Crippen molar-refractivity contribution in [2.45, 2.75) is 6.42 Å². The maximum absolute atomic E-state index is 11.5. The van der Waals surface area contributed by atoms with E-state index in [4.69, 9.17) is 20.8 Å². The number of carbonyl (C=O) groups is 1.